The van der Waals surface area contributed by atoms with E-state index in [9.17, 15) is 14.4 Å². The minimum atomic E-state index is -0.973. The summed E-state index contributed by atoms with van der Waals surface area (Å²) < 4.78 is 10.6. The van der Waals surface area contributed by atoms with Crippen molar-refractivity contribution < 1.29 is 33.5 Å². The minimum Gasteiger partial charge on any atom is -0.464 e. The van der Waals surface area contributed by atoms with Gasteiger partial charge in [-0.1, -0.05) is 35.8 Å². The standard InChI is InChI=1S/C28H38N2O7/c1-15(29-36-17(3)32)28-23(24(30-37-28)25(33)34-6)14-22-20-8-7-18-13-19(35-16(2)31)9-11-26(18,4)21(20)10-12-27(22,28)5/h7,19-23H,8-14H2,1-6H3/t19-,20-,21+,22+,23+,26-,27+,28-/m0/s1. The molecule has 37 heavy (non-hydrogen) atoms. The van der Waals surface area contributed by atoms with Gasteiger partial charge in [0.1, 0.15) is 11.8 Å². The van der Waals surface area contributed by atoms with Crippen molar-refractivity contribution in [2.75, 3.05) is 7.11 Å². The van der Waals surface area contributed by atoms with E-state index in [2.05, 4.69) is 30.2 Å². The molecule has 0 bridgehead atoms. The number of nitrogens with zero attached hydrogens (tertiary/aromatic N) is 2. The van der Waals surface area contributed by atoms with Gasteiger partial charge in [0.15, 0.2) is 11.3 Å². The fourth-order valence-electron chi connectivity index (χ4n) is 8.87. The Morgan fingerprint density at radius 3 is 2.51 bits per heavy atom. The molecule has 5 rings (SSSR count). The van der Waals surface area contributed by atoms with E-state index in [0.29, 0.717) is 17.5 Å². The molecule has 0 aromatic rings. The molecule has 3 saturated carbocycles. The van der Waals surface area contributed by atoms with Crippen molar-refractivity contribution in [3.63, 3.8) is 0 Å². The van der Waals surface area contributed by atoms with Gasteiger partial charge < -0.3 is 19.1 Å². The molecule has 9 nitrogen and oxygen atoms in total. The van der Waals surface area contributed by atoms with Crippen LogP contribution in [-0.2, 0) is 33.5 Å². The lowest BCUT2D eigenvalue weighted by molar-refractivity contribution is -0.149. The van der Waals surface area contributed by atoms with Gasteiger partial charge >= 0.3 is 17.9 Å². The molecular weight excluding hydrogens is 476 g/mol. The first-order valence-corrected chi connectivity index (χ1v) is 13.4. The highest BCUT2D eigenvalue weighted by Crippen LogP contribution is 2.70. The summed E-state index contributed by atoms with van der Waals surface area (Å²) in [5.74, 6) is -0.389. The molecule has 0 unspecified atom stereocenters. The molecule has 1 heterocycles. The number of hydrogen-bond donors (Lipinski definition) is 0. The van der Waals surface area contributed by atoms with Gasteiger partial charge in [-0.2, -0.15) is 0 Å². The zero-order chi connectivity index (χ0) is 26.8. The first-order valence-electron chi connectivity index (χ1n) is 13.4. The first-order chi connectivity index (χ1) is 17.5. The maximum Gasteiger partial charge on any atom is 0.356 e. The lowest BCUT2D eigenvalue weighted by Gasteiger charge is -2.58. The summed E-state index contributed by atoms with van der Waals surface area (Å²) in [5, 5.41) is 8.40. The van der Waals surface area contributed by atoms with E-state index in [1.165, 1.54) is 26.5 Å². The van der Waals surface area contributed by atoms with Crippen molar-refractivity contribution in [2.45, 2.75) is 91.3 Å². The highest BCUT2D eigenvalue weighted by Gasteiger charge is 2.74. The monoisotopic (exact) mass is 514 g/mol. The summed E-state index contributed by atoms with van der Waals surface area (Å²) in [7, 11) is 1.35. The fraction of sp³-hybridized carbons (Fsp3) is 0.750. The van der Waals surface area contributed by atoms with Crippen LogP contribution in [0.3, 0.4) is 0 Å². The van der Waals surface area contributed by atoms with Crippen molar-refractivity contribution in [2.24, 2.45) is 44.8 Å². The van der Waals surface area contributed by atoms with Crippen LogP contribution in [0.15, 0.2) is 22.0 Å². The van der Waals surface area contributed by atoms with Crippen LogP contribution in [0, 0.1) is 34.5 Å². The molecule has 0 spiro atoms. The van der Waals surface area contributed by atoms with Crippen molar-refractivity contribution in [1.29, 1.82) is 0 Å². The summed E-state index contributed by atoms with van der Waals surface area (Å²) in [6, 6.07) is 0. The molecule has 0 aromatic carbocycles. The van der Waals surface area contributed by atoms with Crippen LogP contribution in [-0.4, -0.2) is 48.1 Å². The van der Waals surface area contributed by atoms with Gasteiger partial charge in [-0.05, 0) is 68.6 Å². The van der Waals surface area contributed by atoms with Crippen LogP contribution in [0.4, 0.5) is 0 Å². The molecule has 0 N–H and O–H groups in total. The number of allylic oxidation sites excluding steroid dienone is 1. The molecule has 0 aromatic heterocycles. The number of hydrogen-bond acceptors (Lipinski definition) is 9. The fourth-order valence-corrected chi connectivity index (χ4v) is 8.87. The van der Waals surface area contributed by atoms with Gasteiger partial charge in [0.25, 0.3) is 0 Å². The Bertz CT molecular complexity index is 1110. The molecular formula is C28H38N2O7. The van der Waals surface area contributed by atoms with Gasteiger partial charge in [0, 0.05) is 25.7 Å². The molecule has 5 aliphatic rings. The van der Waals surface area contributed by atoms with Gasteiger partial charge in [-0.25, -0.2) is 9.59 Å². The summed E-state index contributed by atoms with van der Waals surface area (Å²) in [6.45, 7) is 9.22. The van der Waals surface area contributed by atoms with Gasteiger partial charge in [-0.15, -0.1) is 0 Å². The smallest absolute Gasteiger partial charge is 0.356 e. The summed E-state index contributed by atoms with van der Waals surface area (Å²) in [6.07, 6.45) is 8.59. The molecule has 8 atom stereocenters. The molecule has 0 saturated heterocycles. The highest BCUT2D eigenvalue weighted by atomic mass is 16.7. The van der Waals surface area contributed by atoms with Crippen molar-refractivity contribution in [1.82, 2.24) is 0 Å². The number of ether oxygens (including phenoxy) is 2. The number of rotatable bonds is 4. The van der Waals surface area contributed by atoms with Crippen molar-refractivity contribution >= 4 is 29.3 Å². The molecule has 0 amide bonds. The van der Waals surface area contributed by atoms with Gasteiger partial charge in [0.05, 0.1) is 13.0 Å². The number of fused-ring (bicyclic) bond motifs is 7. The second-order valence-corrected chi connectivity index (χ2v) is 12.0. The normalized spacial score (nSPS) is 42.1. The third kappa shape index (κ3) is 3.67. The molecule has 3 fully saturated rings. The van der Waals surface area contributed by atoms with Crippen LogP contribution in [0.2, 0.25) is 0 Å². The Labute approximate surface area is 218 Å². The largest absolute Gasteiger partial charge is 0.464 e. The quantitative estimate of drug-likeness (QED) is 0.180. The number of methoxy groups -OCH3 is 1. The summed E-state index contributed by atoms with van der Waals surface area (Å²) >= 11 is 0. The molecule has 202 valence electrons. The maximum atomic E-state index is 12.7. The molecule has 9 heteroatoms. The molecule has 1 aliphatic heterocycles. The third-order valence-corrected chi connectivity index (χ3v) is 10.5. The topological polar surface area (TPSA) is 113 Å². The van der Waals surface area contributed by atoms with E-state index < -0.39 is 17.5 Å². The van der Waals surface area contributed by atoms with Crippen LogP contribution in [0.5, 0.6) is 0 Å². The summed E-state index contributed by atoms with van der Waals surface area (Å²) in [4.78, 5) is 47.1. The first kappa shape index (κ1) is 25.9. The second-order valence-electron chi connectivity index (χ2n) is 12.0. The average Bonchev–Trinajstić information content (AvgIpc) is 3.35. The van der Waals surface area contributed by atoms with Crippen LogP contribution >= 0.6 is 0 Å². The predicted molar refractivity (Wildman–Crippen MR) is 134 cm³/mol. The zero-order valence-corrected chi connectivity index (χ0v) is 22.7. The molecule has 0 radical (unpaired) electrons. The van der Waals surface area contributed by atoms with Crippen molar-refractivity contribution in [3.8, 4) is 0 Å². The Kier molecular flexibility index (Phi) is 6.27. The van der Waals surface area contributed by atoms with E-state index in [1.807, 2.05) is 6.92 Å². The number of esters is 2. The zero-order valence-electron chi connectivity index (χ0n) is 22.7. The van der Waals surface area contributed by atoms with Crippen LogP contribution in [0.25, 0.3) is 0 Å². The maximum absolute atomic E-state index is 12.7. The van der Waals surface area contributed by atoms with E-state index in [4.69, 9.17) is 19.1 Å². The lowest BCUT2D eigenvalue weighted by Crippen LogP contribution is -2.59. The van der Waals surface area contributed by atoms with Gasteiger partial charge in [0.2, 0.25) is 0 Å². The third-order valence-electron chi connectivity index (χ3n) is 10.5. The number of oxime groups is 2. The van der Waals surface area contributed by atoms with Crippen LogP contribution in [0.1, 0.15) is 79.6 Å². The SMILES string of the molecule is COC(=O)C1=NO[C@@]2(C(C)=NOC(C)=O)[C@@H]1C[C@@H]1[C@H]3CC=C4C[C@@H](OC(C)=O)CC[C@]4(C)[C@@H]3CC[C@]12C. The highest BCUT2D eigenvalue weighted by molar-refractivity contribution is 6.38. The van der Waals surface area contributed by atoms with E-state index in [-0.39, 0.29) is 40.5 Å². The predicted octanol–water partition coefficient (Wildman–Crippen LogP) is 4.34. The Balaban J connectivity index is 1.51. The number of carbonyl (C=O) groups excluding carboxylic acids is 3. The van der Waals surface area contributed by atoms with E-state index >= 15 is 0 Å². The average molecular weight is 515 g/mol. The van der Waals surface area contributed by atoms with E-state index in [0.717, 1.165) is 44.9 Å². The lowest BCUT2D eigenvalue weighted by atomic mass is 9.46. The van der Waals surface area contributed by atoms with Crippen molar-refractivity contribution in [3.05, 3.63) is 11.6 Å². The Hall–Kier alpha value is -2.71. The Morgan fingerprint density at radius 1 is 1.08 bits per heavy atom. The minimum absolute atomic E-state index is 0.0382. The number of carbonyl (C=O) groups is 3. The summed E-state index contributed by atoms with van der Waals surface area (Å²) in [5.41, 5.74) is 0.962. The van der Waals surface area contributed by atoms with Crippen LogP contribution < -0.4 is 0 Å². The van der Waals surface area contributed by atoms with Gasteiger partial charge in [-0.3, -0.25) is 4.79 Å². The Morgan fingerprint density at radius 2 is 1.84 bits per heavy atom. The second kappa shape index (κ2) is 8.95. The molecule has 4 aliphatic carbocycles. The van der Waals surface area contributed by atoms with E-state index in [1.54, 1.807) is 0 Å².